The van der Waals surface area contributed by atoms with E-state index in [0.29, 0.717) is 11.6 Å². The summed E-state index contributed by atoms with van der Waals surface area (Å²) in [6.07, 6.45) is 1.81. The van der Waals surface area contributed by atoms with Crippen molar-refractivity contribution in [3.05, 3.63) is 53.5 Å². The summed E-state index contributed by atoms with van der Waals surface area (Å²) in [7, 11) is 0. The van der Waals surface area contributed by atoms with E-state index in [1.807, 2.05) is 30.3 Å². The molecule has 0 aliphatic heterocycles. The molecule has 0 saturated heterocycles. The highest BCUT2D eigenvalue weighted by atomic mass is 16.5. The number of nitrogens with one attached hydrogen (secondary N) is 1. The smallest absolute Gasteiger partial charge is 0.357 e. The molecule has 1 heterocycles. The molecular weight excluding hydrogens is 294 g/mol. The van der Waals surface area contributed by atoms with Gasteiger partial charge in [-0.1, -0.05) is 30.3 Å². The maximum atomic E-state index is 12.1. The number of nitrogens with zero attached hydrogens (tertiary/aromatic N) is 2. The van der Waals surface area contributed by atoms with Gasteiger partial charge in [-0.3, -0.25) is 4.79 Å². The Bertz CT molecular complexity index is 727. The molecule has 1 saturated carbocycles. The summed E-state index contributed by atoms with van der Waals surface area (Å²) in [4.78, 5) is 32.1. The number of rotatable bonds is 5. The Labute approximate surface area is 133 Å². The fourth-order valence-electron chi connectivity index (χ4n) is 2.11. The molecule has 0 unspecified atom stereocenters. The first kappa shape index (κ1) is 15.1. The lowest BCUT2D eigenvalue weighted by Gasteiger charge is -2.08. The average Bonchev–Trinajstić information content (AvgIpc) is 3.38. The number of hydrogen-bond donors (Lipinski definition) is 1. The van der Waals surface area contributed by atoms with Crippen LogP contribution in [0.5, 0.6) is 0 Å². The number of amides is 1. The van der Waals surface area contributed by atoms with Crippen LogP contribution in [-0.2, 0) is 16.1 Å². The van der Waals surface area contributed by atoms with Gasteiger partial charge in [0.1, 0.15) is 18.2 Å². The summed E-state index contributed by atoms with van der Waals surface area (Å²) in [5, 5.41) is 2.72. The molecule has 0 atom stereocenters. The van der Waals surface area contributed by atoms with Gasteiger partial charge in [0.25, 0.3) is 0 Å². The van der Waals surface area contributed by atoms with Crippen LogP contribution >= 0.6 is 0 Å². The lowest BCUT2D eigenvalue weighted by Crippen LogP contribution is -2.17. The number of aromatic nitrogens is 2. The van der Waals surface area contributed by atoms with Crippen LogP contribution in [0.15, 0.2) is 36.4 Å². The van der Waals surface area contributed by atoms with Crippen LogP contribution in [0.25, 0.3) is 0 Å². The second-order valence-corrected chi connectivity index (χ2v) is 5.51. The van der Waals surface area contributed by atoms with Crippen molar-refractivity contribution in [2.24, 2.45) is 5.92 Å². The van der Waals surface area contributed by atoms with Gasteiger partial charge in [0.2, 0.25) is 5.91 Å². The molecule has 1 fully saturated rings. The lowest BCUT2D eigenvalue weighted by molar-refractivity contribution is -0.117. The third-order valence-corrected chi connectivity index (χ3v) is 3.46. The van der Waals surface area contributed by atoms with Gasteiger partial charge in [0.15, 0.2) is 5.69 Å². The molecule has 6 nitrogen and oxygen atoms in total. The number of benzene rings is 1. The minimum absolute atomic E-state index is 0.0632. The predicted molar refractivity (Wildman–Crippen MR) is 83.7 cm³/mol. The average molecular weight is 311 g/mol. The molecule has 118 valence electrons. The highest BCUT2D eigenvalue weighted by molar-refractivity contribution is 5.94. The monoisotopic (exact) mass is 311 g/mol. The van der Waals surface area contributed by atoms with E-state index in [2.05, 4.69) is 15.3 Å². The quantitative estimate of drug-likeness (QED) is 0.858. The van der Waals surface area contributed by atoms with E-state index in [9.17, 15) is 9.59 Å². The van der Waals surface area contributed by atoms with Crippen molar-refractivity contribution in [2.75, 3.05) is 5.32 Å². The summed E-state index contributed by atoms with van der Waals surface area (Å²) in [5.41, 5.74) is 1.04. The van der Waals surface area contributed by atoms with Crippen LogP contribution in [0, 0.1) is 12.8 Å². The summed E-state index contributed by atoms with van der Waals surface area (Å²) in [6.45, 7) is 1.84. The van der Waals surface area contributed by atoms with Gasteiger partial charge in [-0.15, -0.1) is 0 Å². The zero-order valence-corrected chi connectivity index (χ0v) is 12.8. The molecule has 1 aromatic heterocycles. The zero-order valence-electron chi connectivity index (χ0n) is 12.8. The molecule has 0 radical (unpaired) electrons. The molecular formula is C17H17N3O3. The molecule has 1 aliphatic rings. The Morgan fingerprint density at radius 3 is 2.65 bits per heavy atom. The molecule has 1 aromatic carbocycles. The van der Waals surface area contributed by atoms with Crippen LogP contribution in [0.1, 0.15) is 34.7 Å². The van der Waals surface area contributed by atoms with Gasteiger partial charge in [0, 0.05) is 12.0 Å². The lowest BCUT2D eigenvalue weighted by atomic mass is 10.2. The van der Waals surface area contributed by atoms with Gasteiger partial charge in [-0.25, -0.2) is 14.8 Å². The second-order valence-electron chi connectivity index (χ2n) is 5.51. The normalized spacial score (nSPS) is 13.4. The van der Waals surface area contributed by atoms with Gasteiger partial charge in [-0.05, 0) is 25.3 Å². The first-order chi connectivity index (χ1) is 11.1. The van der Waals surface area contributed by atoms with E-state index in [1.54, 1.807) is 6.92 Å². The SMILES string of the molecule is Cc1nc(NC(=O)C2CC2)cc(C(=O)OCc2ccccc2)n1. The Morgan fingerprint density at radius 2 is 1.96 bits per heavy atom. The van der Waals surface area contributed by atoms with Gasteiger partial charge >= 0.3 is 5.97 Å². The second kappa shape index (κ2) is 6.56. The minimum atomic E-state index is -0.540. The molecule has 1 aliphatic carbocycles. The number of ether oxygens (including phenoxy) is 1. The van der Waals surface area contributed by atoms with Crippen LogP contribution in [0.2, 0.25) is 0 Å². The van der Waals surface area contributed by atoms with Gasteiger partial charge < -0.3 is 10.1 Å². The third-order valence-electron chi connectivity index (χ3n) is 3.46. The minimum Gasteiger partial charge on any atom is -0.456 e. The topological polar surface area (TPSA) is 81.2 Å². The van der Waals surface area contributed by atoms with Crippen molar-refractivity contribution in [1.82, 2.24) is 9.97 Å². The summed E-state index contributed by atoms with van der Waals surface area (Å²) in [5.74, 6) is 0.207. The number of anilines is 1. The summed E-state index contributed by atoms with van der Waals surface area (Å²) >= 11 is 0. The maximum absolute atomic E-state index is 12.1. The van der Waals surface area contributed by atoms with Crippen molar-refractivity contribution in [2.45, 2.75) is 26.4 Å². The Balaban J connectivity index is 1.67. The zero-order chi connectivity index (χ0) is 16.2. The number of carbonyl (C=O) groups excluding carboxylic acids is 2. The van der Waals surface area contributed by atoms with E-state index in [0.717, 1.165) is 18.4 Å². The molecule has 1 amide bonds. The fourth-order valence-corrected chi connectivity index (χ4v) is 2.11. The first-order valence-electron chi connectivity index (χ1n) is 7.49. The van der Waals surface area contributed by atoms with E-state index in [4.69, 9.17) is 4.74 Å². The molecule has 0 spiro atoms. The Morgan fingerprint density at radius 1 is 1.22 bits per heavy atom. The van der Waals surface area contributed by atoms with E-state index in [1.165, 1.54) is 6.07 Å². The van der Waals surface area contributed by atoms with Crippen LogP contribution < -0.4 is 5.32 Å². The van der Waals surface area contributed by atoms with Crippen molar-refractivity contribution in [3.63, 3.8) is 0 Å². The Kier molecular flexibility index (Phi) is 4.32. The van der Waals surface area contributed by atoms with Crippen molar-refractivity contribution < 1.29 is 14.3 Å². The van der Waals surface area contributed by atoms with Crippen LogP contribution in [0.4, 0.5) is 5.82 Å². The van der Waals surface area contributed by atoms with Crippen molar-refractivity contribution >= 4 is 17.7 Å². The van der Waals surface area contributed by atoms with Crippen molar-refractivity contribution in [1.29, 1.82) is 0 Å². The number of hydrogen-bond acceptors (Lipinski definition) is 5. The molecule has 3 rings (SSSR count). The number of aryl methyl sites for hydroxylation is 1. The van der Waals surface area contributed by atoms with E-state index >= 15 is 0 Å². The molecule has 2 aromatic rings. The number of esters is 1. The molecule has 6 heteroatoms. The molecule has 23 heavy (non-hydrogen) atoms. The van der Waals surface area contributed by atoms with Gasteiger partial charge in [0.05, 0.1) is 0 Å². The standard InChI is InChI=1S/C17H17N3O3/c1-11-18-14(9-15(19-11)20-16(21)13-7-8-13)17(22)23-10-12-5-3-2-4-6-12/h2-6,9,13H,7-8,10H2,1H3,(H,18,19,20,21). The molecule has 1 N–H and O–H groups in total. The molecule has 0 bridgehead atoms. The fraction of sp³-hybridized carbons (Fsp3) is 0.294. The summed E-state index contributed by atoms with van der Waals surface area (Å²) < 4.78 is 5.25. The van der Waals surface area contributed by atoms with Gasteiger partial charge in [-0.2, -0.15) is 0 Å². The van der Waals surface area contributed by atoms with E-state index in [-0.39, 0.29) is 24.1 Å². The van der Waals surface area contributed by atoms with E-state index < -0.39 is 5.97 Å². The highest BCUT2D eigenvalue weighted by Crippen LogP contribution is 2.30. The third kappa shape index (κ3) is 4.12. The maximum Gasteiger partial charge on any atom is 0.357 e. The van der Waals surface area contributed by atoms with Crippen LogP contribution in [0.3, 0.4) is 0 Å². The van der Waals surface area contributed by atoms with Crippen LogP contribution in [-0.4, -0.2) is 21.8 Å². The number of carbonyl (C=O) groups is 2. The summed E-state index contributed by atoms with van der Waals surface area (Å²) in [6, 6.07) is 10.8. The largest absolute Gasteiger partial charge is 0.456 e. The van der Waals surface area contributed by atoms with Crippen molar-refractivity contribution in [3.8, 4) is 0 Å². The first-order valence-corrected chi connectivity index (χ1v) is 7.49. The highest BCUT2D eigenvalue weighted by Gasteiger charge is 2.30. The Hall–Kier alpha value is -2.76. The predicted octanol–water partition coefficient (Wildman–Crippen LogP) is 2.49.